The van der Waals surface area contributed by atoms with Crippen LogP contribution in [-0.4, -0.2) is 37.2 Å². The van der Waals surface area contributed by atoms with Gasteiger partial charge in [0.1, 0.15) is 12.4 Å². The fourth-order valence-electron chi connectivity index (χ4n) is 2.72. The highest BCUT2D eigenvalue weighted by molar-refractivity contribution is 7.92. The molecule has 1 aromatic heterocycles. The van der Waals surface area contributed by atoms with E-state index < -0.39 is 32.8 Å². The summed E-state index contributed by atoms with van der Waals surface area (Å²) < 4.78 is 45.3. The first-order valence-corrected chi connectivity index (χ1v) is 11.3. The molecule has 1 heterocycles. The largest absolute Gasteiger partial charge is 0.468 e. The van der Waals surface area contributed by atoms with Crippen LogP contribution in [0.4, 0.5) is 4.39 Å². The number of amides is 1. The molecule has 7 nitrogen and oxygen atoms in total. The number of ether oxygens (including phenoxy) is 1. The number of hydrogen-bond acceptors (Lipinski definition) is 6. The van der Waals surface area contributed by atoms with Crippen molar-refractivity contribution in [1.82, 2.24) is 4.57 Å². The van der Waals surface area contributed by atoms with Crippen molar-refractivity contribution in [3.63, 3.8) is 0 Å². The molecule has 0 aliphatic rings. The van der Waals surface area contributed by atoms with Gasteiger partial charge in [-0.25, -0.2) is 12.8 Å². The number of benzene rings is 2. The maximum atomic E-state index is 14.3. The number of carbonyl (C=O) groups excluding carboxylic acids is 2. The molecule has 0 saturated carbocycles. The second-order valence-electron chi connectivity index (χ2n) is 6.67. The van der Waals surface area contributed by atoms with Gasteiger partial charge < -0.3 is 9.30 Å². The first kappa shape index (κ1) is 21.8. The Hall–Kier alpha value is -2.85. The van der Waals surface area contributed by atoms with Crippen molar-refractivity contribution < 1.29 is 27.1 Å². The monoisotopic (exact) mass is 450 g/mol. The molecule has 158 valence electrons. The fraction of sp³-hybridized carbons (Fsp3) is 0.250. The highest BCUT2D eigenvalue weighted by Gasteiger charge is 2.20. The van der Waals surface area contributed by atoms with Crippen molar-refractivity contribution in [2.45, 2.75) is 30.5 Å². The number of carbonyl (C=O) groups is 2. The van der Waals surface area contributed by atoms with Crippen LogP contribution in [0.3, 0.4) is 0 Å². The van der Waals surface area contributed by atoms with Crippen LogP contribution in [0, 0.1) is 5.82 Å². The van der Waals surface area contributed by atoms with E-state index in [-0.39, 0.29) is 27.3 Å². The smallest absolute Gasteiger partial charge is 0.325 e. The Balaban J connectivity index is 2.06. The van der Waals surface area contributed by atoms with Crippen molar-refractivity contribution in [3.8, 4) is 0 Å². The maximum absolute atomic E-state index is 14.3. The minimum absolute atomic E-state index is 0.110. The Morgan fingerprint density at radius 1 is 1.17 bits per heavy atom. The molecule has 0 aliphatic carbocycles. The van der Waals surface area contributed by atoms with Gasteiger partial charge in [-0.2, -0.15) is 4.99 Å². The molecule has 0 radical (unpaired) electrons. The van der Waals surface area contributed by atoms with Gasteiger partial charge in [-0.15, -0.1) is 0 Å². The van der Waals surface area contributed by atoms with Crippen LogP contribution in [0.15, 0.2) is 52.4 Å². The van der Waals surface area contributed by atoms with Crippen LogP contribution in [0.2, 0.25) is 0 Å². The number of methoxy groups -OCH3 is 1. The van der Waals surface area contributed by atoms with Gasteiger partial charge >= 0.3 is 5.97 Å². The number of esters is 1. The highest BCUT2D eigenvalue weighted by atomic mass is 32.2. The molecule has 30 heavy (non-hydrogen) atoms. The molecule has 1 amide bonds. The Labute approximate surface area is 176 Å². The van der Waals surface area contributed by atoms with Crippen molar-refractivity contribution in [2.75, 3.05) is 7.11 Å². The predicted molar refractivity (Wildman–Crippen MR) is 110 cm³/mol. The first-order chi connectivity index (χ1) is 14.1. The second-order valence-corrected chi connectivity index (χ2v) is 10.2. The number of rotatable bonds is 5. The zero-order chi connectivity index (χ0) is 22.1. The second kappa shape index (κ2) is 8.49. The van der Waals surface area contributed by atoms with E-state index in [2.05, 4.69) is 9.73 Å². The summed E-state index contributed by atoms with van der Waals surface area (Å²) in [4.78, 5) is 28.7. The summed E-state index contributed by atoms with van der Waals surface area (Å²) in [5.74, 6) is -1.81. The molecule has 2 aromatic carbocycles. The lowest BCUT2D eigenvalue weighted by Crippen LogP contribution is -2.23. The maximum Gasteiger partial charge on any atom is 0.325 e. The number of para-hydroxylation sites is 1. The molecule has 0 aliphatic heterocycles. The van der Waals surface area contributed by atoms with Crippen molar-refractivity contribution in [1.29, 1.82) is 0 Å². The third-order valence-corrected chi connectivity index (χ3v) is 7.63. The van der Waals surface area contributed by atoms with E-state index in [0.29, 0.717) is 4.70 Å². The average molecular weight is 451 g/mol. The normalized spacial score (nSPS) is 12.5. The lowest BCUT2D eigenvalue weighted by molar-refractivity contribution is -0.141. The van der Waals surface area contributed by atoms with Gasteiger partial charge in [-0.05, 0) is 50.2 Å². The van der Waals surface area contributed by atoms with E-state index in [0.717, 1.165) is 11.3 Å². The van der Waals surface area contributed by atoms with E-state index in [1.54, 1.807) is 19.9 Å². The first-order valence-electron chi connectivity index (χ1n) is 8.93. The average Bonchev–Trinajstić information content (AvgIpc) is 3.05. The molecule has 3 aromatic rings. The third-order valence-electron chi connectivity index (χ3n) is 4.41. The van der Waals surface area contributed by atoms with Gasteiger partial charge in [0.2, 0.25) is 0 Å². The lowest BCUT2D eigenvalue weighted by Gasteiger charge is -2.07. The summed E-state index contributed by atoms with van der Waals surface area (Å²) >= 11 is 1.06. The van der Waals surface area contributed by atoms with Crippen LogP contribution in [-0.2, 0) is 25.9 Å². The molecule has 0 fully saturated rings. The summed E-state index contributed by atoms with van der Waals surface area (Å²) in [6.07, 6.45) is 0. The number of aromatic nitrogens is 1. The van der Waals surface area contributed by atoms with Gasteiger partial charge in [-0.3, -0.25) is 9.59 Å². The van der Waals surface area contributed by atoms with Gasteiger partial charge in [0.25, 0.3) is 5.91 Å². The number of thiazole rings is 1. The molecule has 10 heteroatoms. The van der Waals surface area contributed by atoms with Crippen molar-refractivity contribution in [3.05, 3.63) is 58.6 Å². The molecule has 3 rings (SSSR count). The molecular formula is C20H19FN2O5S2. The molecule has 0 saturated heterocycles. The van der Waals surface area contributed by atoms with Crippen LogP contribution in [0.5, 0.6) is 0 Å². The molecule has 0 bridgehead atoms. The fourth-order valence-corrected chi connectivity index (χ4v) is 4.83. The highest BCUT2D eigenvalue weighted by Crippen LogP contribution is 2.21. The van der Waals surface area contributed by atoms with E-state index in [9.17, 15) is 22.4 Å². The summed E-state index contributed by atoms with van der Waals surface area (Å²) in [6.45, 7) is 2.84. The van der Waals surface area contributed by atoms with Gasteiger partial charge in [0, 0.05) is 5.56 Å². The molecule has 0 N–H and O–H groups in total. The number of halogens is 1. The Morgan fingerprint density at radius 3 is 2.43 bits per heavy atom. The summed E-state index contributed by atoms with van der Waals surface area (Å²) in [6, 6.07) is 9.89. The van der Waals surface area contributed by atoms with E-state index in [1.807, 2.05) is 0 Å². The number of nitrogens with zero attached hydrogens (tertiary/aromatic N) is 2. The van der Waals surface area contributed by atoms with Crippen LogP contribution < -0.4 is 4.80 Å². The standard InChI is InChI=1S/C20H19FN2O5S2/c1-12(2)30(26,27)14-9-7-13(8-10-14)19(25)22-20-23(11-17(24)28-3)18-15(21)5-4-6-16(18)29-20/h4-10,12H,11H2,1-3H3. The summed E-state index contributed by atoms with van der Waals surface area (Å²) in [5, 5.41) is -0.588. The number of sulfone groups is 1. The van der Waals surface area contributed by atoms with Crippen molar-refractivity contribution >= 4 is 43.3 Å². The zero-order valence-electron chi connectivity index (χ0n) is 16.5. The number of hydrogen-bond donors (Lipinski definition) is 0. The summed E-state index contributed by atoms with van der Waals surface area (Å²) in [5.41, 5.74) is 0.318. The van der Waals surface area contributed by atoms with Crippen LogP contribution >= 0.6 is 11.3 Å². The summed E-state index contributed by atoms with van der Waals surface area (Å²) in [7, 11) is -2.25. The minimum Gasteiger partial charge on any atom is -0.468 e. The molecule has 0 spiro atoms. The van der Waals surface area contributed by atoms with E-state index in [1.165, 1.54) is 48.1 Å². The van der Waals surface area contributed by atoms with Gasteiger partial charge in [0.05, 0.1) is 27.5 Å². The van der Waals surface area contributed by atoms with E-state index in [4.69, 9.17) is 0 Å². The SMILES string of the molecule is COC(=O)Cn1c(=NC(=O)c2ccc(S(=O)(=O)C(C)C)cc2)sc2cccc(F)c21. The van der Waals surface area contributed by atoms with Crippen LogP contribution in [0.1, 0.15) is 24.2 Å². The van der Waals surface area contributed by atoms with Gasteiger partial charge in [-0.1, -0.05) is 17.4 Å². The minimum atomic E-state index is -3.46. The zero-order valence-corrected chi connectivity index (χ0v) is 18.1. The Bertz CT molecular complexity index is 1290. The number of fused-ring (bicyclic) bond motifs is 1. The quantitative estimate of drug-likeness (QED) is 0.557. The predicted octanol–water partition coefficient (Wildman–Crippen LogP) is 2.94. The lowest BCUT2D eigenvalue weighted by atomic mass is 10.2. The molecule has 0 unspecified atom stereocenters. The Morgan fingerprint density at radius 2 is 1.83 bits per heavy atom. The van der Waals surface area contributed by atoms with E-state index >= 15 is 0 Å². The topological polar surface area (TPSA) is 94.8 Å². The molecule has 0 atom stereocenters. The Kier molecular flexibility index (Phi) is 6.18. The van der Waals surface area contributed by atoms with Crippen LogP contribution in [0.25, 0.3) is 10.2 Å². The molecular weight excluding hydrogens is 431 g/mol. The third kappa shape index (κ3) is 4.19. The van der Waals surface area contributed by atoms with Gasteiger partial charge in [0.15, 0.2) is 14.6 Å². The van der Waals surface area contributed by atoms with Crippen molar-refractivity contribution in [2.24, 2.45) is 4.99 Å².